The number of aromatic nitrogens is 1. The Bertz CT molecular complexity index is 885. The zero-order valence-corrected chi connectivity index (χ0v) is 12.0. The van der Waals surface area contributed by atoms with Gasteiger partial charge in [-0.3, -0.25) is 0 Å². The first kappa shape index (κ1) is 13.9. The first-order valence-electron chi connectivity index (χ1n) is 6.84. The lowest BCUT2D eigenvalue weighted by atomic mass is 10.1. The molecule has 4 nitrogen and oxygen atoms in total. The highest BCUT2D eigenvalue weighted by molar-refractivity contribution is 5.89. The van der Waals surface area contributed by atoms with Crippen molar-refractivity contribution in [3.63, 3.8) is 0 Å². The van der Waals surface area contributed by atoms with Gasteiger partial charge in [0.05, 0.1) is 0 Å². The van der Waals surface area contributed by atoms with Crippen LogP contribution in [-0.2, 0) is 0 Å². The molecule has 0 saturated heterocycles. The van der Waals surface area contributed by atoms with Crippen LogP contribution in [0.25, 0.3) is 23.1 Å². The van der Waals surface area contributed by atoms with E-state index in [1.165, 1.54) is 12.1 Å². The fourth-order valence-electron chi connectivity index (χ4n) is 2.25. The molecule has 0 bridgehead atoms. The molecule has 22 heavy (non-hydrogen) atoms. The van der Waals surface area contributed by atoms with Gasteiger partial charge in [-0.1, -0.05) is 36.4 Å². The van der Waals surface area contributed by atoms with Crippen LogP contribution in [-0.4, -0.2) is 20.3 Å². The van der Waals surface area contributed by atoms with Gasteiger partial charge in [-0.15, -0.1) is 0 Å². The monoisotopic (exact) mass is 293 g/mol. The second-order valence-electron chi connectivity index (χ2n) is 5.11. The number of fused-ring (bicyclic) bond motifs is 1. The topological polar surface area (TPSA) is 73.6 Å². The highest BCUT2D eigenvalue weighted by Gasteiger charge is 2.06. The van der Waals surface area contributed by atoms with Crippen LogP contribution >= 0.6 is 0 Å². The molecular weight excluding hydrogens is 278 g/mol. The van der Waals surface area contributed by atoms with Gasteiger partial charge < -0.3 is 15.3 Å². The van der Waals surface area contributed by atoms with E-state index in [0.29, 0.717) is 16.6 Å². The lowest BCUT2D eigenvalue weighted by Crippen LogP contribution is -1.85. The van der Waals surface area contributed by atoms with E-state index in [1.807, 2.05) is 31.2 Å². The van der Waals surface area contributed by atoms with Crippen LogP contribution in [0.1, 0.15) is 16.8 Å². The van der Waals surface area contributed by atoms with Gasteiger partial charge in [-0.2, -0.15) is 0 Å². The molecular formula is C18H15NO3. The van der Waals surface area contributed by atoms with E-state index in [1.54, 1.807) is 18.2 Å². The highest BCUT2D eigenvalue weighted by Crippen LogP contribution is 2.30. The molecule has 0 atom stereocenters. The molecule has 1 aromatic heterocycles. The fourth-order valence-corrected chi connectivity index (χ4v) is 2.25. The Balaban J connectivity index is 2.01. The van der Waals surface area contributed by atoms with Crippen molar-refractivity contribution >= 4 is 23.1 Å². The fraction of sp³-hybridized carbons (Fsp3) is 0.0556. The van der Waals surface area contributed by atoms with Gasteiger partial charge in [0.2, 0.25) is 0 Å². The molecule has 3 aromatic rings. The van der Waals surface area contributed by atoms with E-state index < -0.39 is 0 Å². The summed E-state index contributed by atoms with van der Waals surface area (Å²) in [5, 5.41) is 30.0. The summed E-state index contributed by atoms with van der Waals surface area (Å²) in [5.74, 6) is -0.215. The molecule has 4 heteroatoms. The van der Waals surface area contributed by atoms with Gasteiger partial charge in [0.15, 0.2) is 11.5 Å². The summed E-state index contributed by atoms with van der Waals surface area (Å²) in [6.07, 6.45) is 3.49. The van der Waals surface area contributed by atoms with E-state index in [4.69, 9.17) is 0 Å². The third kappa shape index (κ3) is 2.59. The molecule has 0 radical (unpaired) electrons. The van der Waals surface area contributed by atoms with Crippen molar-refractivity contribution in [1.82, 2.24) is 4.98 Å². The van der Waals surface area contributed by atoms with E-state index >= 15 is 0 Å². The van der Waals surface area contributed by atoms with Gasteiger partial charge in [-0.25, -0.2) is 4.98 Å². The van der Waals surface area contributed by atoms with Crippen LogP contribution in [0.3, 0.4) is 0 Å². The molecule has 0 unspecified atom stereocenters. The van der Waals surface area contributed by atoms with Gasteiger partial charge in [0.25, 0.3) is 0 Å². The number of phenols is 3. The molecule has 2 aromatic carbocycles. The normalized spacial score (nSPS) is 11.3. The van der Waals surface area contributed by atoms with E-state index in [9.17, 15) is 15.3 Å². The maximum atomic E-state index is 10.3. The Morgan fingerprint density at radius 3 is 2.41 bits per heavy atom. The number of hydrogen-bond donors (Lipinski definition) is 3. The third-order valence-electron chi connectivity index (χ3n) is 3.46. The minimum Gasteiger partial charge on any atom is -0.505 e. The summed E-state index contributed by atoms with van der Waals surface area (Å²) in [5.41, 5.74) is 2.76. The van der Waals surface area contributed by atoms with Crippen LogP contribution in [0.4, 0.5) is 0 Å². The van der Waals surface area contributed by atoms with E-state index in [2.05, 4.69) is 4.98 Å². The number of phenolic OH excluding ortho intramolecular Hbond substituents is 3. The lowest BCUT2D eigenvalue weighted by Gasteiger charge is -2.05. The zero-order valence-electron chi connectivity index (χ0n) is 12.0. The van der Waals surface area contributed by atoms with Crippen LogP contribution in [0.15, 0.2) is 42.5 Å². The Morgan fingerprint density at radius 2 is 1.64 bits per heavy atom. The Morgan fingerprint density at radius 1 is 0.864 bits per heavy atom. The van der Waals surface area contributed by atoms with Crippen LogP contribution < -0.4 is 0 Å². The van der Waals surface area contributed by atoms with Crippen molar-refractivity contribution in [2.75, 3.05) is 0 Å². The second kappa shape index (κ2) is 5.41. The molecule has 3 N–H and O–H groups in total. The number of nitrogens with zero attached hydrogens (tertiary/aromatic N) is 1. The summed E-state index contributed by atoms with van der Waals surface area (Å²) in [6, 6.07) is 12.1. The Kier molecular flexibility index (Phi) is 3.43. The minimum absolute atomic E-state index is 0.125. The molecule has 110 valence electrons. The lowest BCUT2D eigenvalue weighted by molar-refractivity contribution is 0.403. The Hall–Kier alpha value is -3.01. The third-order valence-corrected chi connectivity index (χ3v) is 3.46. The smallest absolute Gasteiger partial charge is 0.157 e. The number of hydrogen-bond acceptors (Lipinski definition) is 4. The summed E-state index contributed by atoms with van der Waals surface area (Å²) >= 11 is 0. The van der Waals surface area contributed by atoms with Gasteiger partial charge in [-0.05, 0) is 30.7 Å². The molecule has 0 aliphatic carbocycles. The summed E-state index contributed by atoms with van der Waals surface area (Å²) < 4.78 is 0. The molecule has 3 rings (SSSR count). The summed E-state index contributed by atoms with van der Waals surface area (Å²) in [4.78, 5) is 4.36. The maximum absolute atomic E-state index is 10.3. The molecule has 0 fully saturated rings. The highest BCUT2D eigenvalue weighted by atomic mass is 16.3. The van der Waals surface area contributed by atoms with Gasteiger partial charge >= 0.3 is 0 Å². The average molecular weight is 293 g/mol. The maximum Gasteiger partial charge on any atom is 0.157 e. The van der Waals surface area contributed by atoms with Crippen molar-refractivity contribution in [2.45, 2.75) is 6.92 Å². The average Bonchev–Trinajstić information content (AvgIpc) is 2.50. The first-order valence-corrected chi connectivity index (χ1v) is 6.84. The van der Waals surface area contributed by atoms with Gasteiger partial charge in [0.1, 0.15) is 11.3 Å². The van der Waals surface area contributed by atoms with E-state index in [0.717, 1.165) is 11.1 Å². The quantitative estimate of drug-likeness (QED) is 0.496. The van der Waals surface area contributed by atoms with Crippen LogP contribution in [0.5, 0.6) is 17.2 Å². The predicted molar refractivity (Wildman–Crippen MR) is 86.8 cm³/mol. The van der Waals surface area contributed by atoms with Crippen molar-refractivity contribution in [3.8, 4) is 17.2 Å². The van der Waals surface area contributed by atoms with Crippen molar-refractivity contribution in [3.05, 3.63) is 59.3 Å². The van der Waals surface area contributed by atoms with Crippen LogP contribution in [0, 0.1) is 6.92 Å². The summed E-state index contributed by atoms with van der Waals surface area (Å²) in [7, 11) is 0. The number of aryl methyl sites for hydroxylation is 1. The number of pyridine rings is 1. The molecule has 0 aliphatic rings. The molecule has 0 amide bonds. The van der Waals surface area contributed by atoms with Crippen LogP contribution in [0.2, 0.25) is 0 Å². The van der Waals surface area contributed by atoms with Gasteiger partial charge in [0, 0.05) is 16.6 Å². The SMILES string of the molecule is Cc1ccc2ccc(/C=C/c3ccc(O)c(O)c3)c(O)c2n1. The van der Waals surface area contributed by atoms with Crippen molar-refractivity contribution in [2.24, 2.45) is 0 Å². The predicted octanol–water partition coefficient (Wildman–Crippen LogP) is 3.83. The number of rotatable bonds is 2. The standard InChI is InChI=1S/C18H15NO3/c1-11-2-5-13-7-8-14(18(22)17(13)19-11)6-3-12-4-9-15(20)16(21)10-12/h2-10,20-22H,1H3/b6-3+. The molecule has 0 spiro atoms. The first-order chi connectivity index (χ1) is 10.5. The van der Waals surface area contributed by atoms with Crippen molar-refractivity contribution < 1.29 is 15.3 Å². The van der Waals surface area contributed by atoms with Crippen molar-refractivity contribution in [1.29, 1.82) is 0 Å². The minimum atomic E-state index is -0.179. The zero-order chi connectivity index (χ0) is 15.7. The number of aromatic hydroxyl groups is 3. The summed E-state index contributed by atoms with van der Waals surface area (Å²) in [6.45, 7) is 1.88. The largest absolute Gasteiger partial charge is 0.505 e. The number of benzene rings is 2. The second-order valence-corrected chi connectivity index (χ2v) is 5.11. The Labute approximate surface area is 127 Å². The molecule has 1 heterocycles. The van der Waals surface area contributed by atoms with E-state index in [-0.39, 0.29) is 17.2 Å². The molecule has 0 aliphatic heterocycles. The molecule has 0 saturated carbocycles.